The van der Waals surface area contributed by atoms with Crippen molar-refractivity contribution in [1.82, 2.24) is 4.90 Å². The molecule has 0 aliphatic heterocycles. The number of carboxylic acid groups (broad SMARTS) is 1. The van der Waals surface area contributed by atoms with Crippen LogP contribution in [-0.2, 0) is 4.79 Å². The first-order valence-corrected chi connectivity index (χ1v) is 6.63. The number of hydrogen-bond donors (Lipinski definition) is 1. The Morgan fingerprint density at radius 1 is 1.30 bits per heavy atom. The molecule has 1 aromatic rings. The molecule has 0 saturated carbocycles. The summed E-state index contributed by atoms with van der Waals surface area (Å²) in [6.45, 7) is 3.43. The van der Waals surface area contributed by atoms with E-state index in [-0.39, 0.29) is 28.1 Å². The van der Waals surface area contributed by atoms with Crippen LogP contribution in [0.5, 0.6) is 0 Å². The van der Waals surface area contributed by atoms with Crippen molar-refractivity contribution in [2.24, 2.45) is 5.92 Å². The van der Waals surface area contributed by atoms with Crippen LogP contribution < -0.4 is 0 Å². The van der Waals surface area contributed by atoms with Gasteiger partial charge in [-0.05, 0) is 18.1 Å². The van der Waals surface area contributed by atoms with Crippen molar-refractivity contribution in [3.63, 3.8) is 0 Å². The Balaban J connectivity index is 3.11. The van der Waals surface area contributed by atoms with E-state index < -0.39 is 24.2 Å². The number of halogens is 3. The number of rotatable bonds is 5. The van der Waals surface area contributed by atoms with Gasteiger partial charge in [-0.2, -0.15) is 0 Å². The molecule has 0 unspecified atom stereocenters. The minimum Gasteiger partial charge on any atom is -0.480 e. The number of carbonyl (C=O) groups is 2. The van der Waals surface area contributed by atoms with Crippen molar-refractivity contribution in [2.75, 3.05) is 13.1 Å². The van der Waals surface area contributed by atoms with Crippen molar-refractivity contribution in [2.45, 2.75) is 13.8 Å². The molecule has 7 heteroatoms. The molecule has 1 rings (SSSR count). The van der Waals surface area contributed by atoms with E-state index in [0.29, 0.717) is 0 Å². The van der Waals surface area contributed by atoms with Gasteiger partial charge in [-0.15, -0.1) is 0 Å². The fourth-order valence-electron chi connectivity index (χ4n) is 1.68. The van der Waals surface area contributed by atoms with Crippen molar-refractivity contribution in [3.05, 3.63) is 33.6 Å². The Bertz CT molecular complexity index is 535. The lowest BCUT2D eigenvalue weighted by Gasteiger charge is -2.23. The first-order valence-electron chi connectivity index (χ1n) is 5.88. The number of amides is 1. The Kier molecular flexibility index (Phi) is 5.77. The summed E-state index contributed by atoms with van der Waals surface area (Å²) in [7, 11) is 0. The fourth-order valence-corrected chi connectivity index (χ4v) is 2.14. The molecule has 110 valence electrons. The average Bonchev–Trinajstić information content (AvgIpc) is 2.31. The molecular weight excluding hydrogens is 308 g/mol. The van der Waals surface area contributed by atoms with Crippen molar-refractivity contribution < 1.29 is 19.1 Å². The second kappa shape index (κ2) is 6.90. The van der Waals surface area contributed by atoms with Gasteiger partial charge in [-0.1, -0.05) is 37.0 Å². The van der Waals surface area contributed by atoms with E-state index >= 15 is 0 Å². The maximum absolute atomic E-state index is 13.4. The third-order valence-corrected chi connectivity index (χ3v) is 3.04. The lowest BCUT2D eigenvalue weighted by Crippen LogP contribution is -2.38. The molecule has 0 heterocycles. The predicted octanol–water partition coefficient (Wildman–Crippen LogP) is 3.32. The van der Waals surface area contributed by atoms with Gasteiger partial charge in [0, 0.05) is 6.54 Å². The standard InChI is InChI=1S/C13H14Cl2FNO3/c1-7(2)5-17(6-12(18)19)13(20)8-3-11(16)10(15)4-9(8)14/h3-4,7H,5-6H2,1-2H3,(H,18,19). The van der Waals surface area contributed by atoms with E-state index in [1.54, 1.807) is 0 Å². The molecule has 0 aliphatic rings. The molecule has 1 aromatic carbocycles. The van der Waals surface area contributed by atoms with Crippen molar-refractivity contribution in [3.8, 4) is 0 Å². The topological polar surface area (TPSA) is 57.6 Å². The Hall–Kier alpha value is -1.33. The van der Waals surface area contributed by atoms with Crippen LogP contribution >= 0.6 is 23.2 Å². The van der Waals surface area contributed by atoms with Crippen LogP contribution in [0.15, 0.2) is 12.1 Å². The summed E-state index contributed by atoms with van der Waals surface area (Å²) in [6.07, 6.45) is 0. The number of benzene rings is 1. The van der Waals surface area contributed by atoms with E-state index in [0.717, 1.165) is 17.0 Å². The molecule has 0 aromatic heterocycles. The summed E-state index contributed by atoms with van der Waals surface area (Å²) in [6, 6.07) is 2.04. The van der Waals surface area contributed by atoms with E-state index in [9.17, 15) is 14.0 Å². The van der Waals surface area contributed by atoms with Crippen LogP contribution in [-0.4, -0.2) is 35.0 Å². The van der Waals surface area contributed by atoms with Crippen LogP contribution in [0.3, 0.4) is 0 Å². The Labute approximate surface area is 126 Å². The molecular formula is C13H14Cl2FNO3. The van der Waals surface area contributed by atoms with Gasteiger partial charge in [0.15, 0.2) is 0 Å². The van der Waals surface area contributed by atoms with Gasteiger partial charge in [-0.25, -0.2) is 4.39 Å². The highest BCUT2D eigenvalue weighted by Gasteiger charge is 2.23. The fraction of sp³-hybridized carbons (Fsp3) is 0.385. The zero-order chi connectivity index (χ0) is 15.4. The van der Waals surface area contributed by atoms with Gasteiger partial charge in [0.1, 0.15) is 12.4 Å². The van der Waals surface area contributed by atoms with Crippen molar-refractivity contribution in [1.29, 1.82) is 0 Å². The maximum atomic E-state index is 13.4. The smallest absolute Gasteiger partial charge is 0.323 e. The largest absolute Gasteiger partial charge is 0.480 e. The zero-order valence-electron chi connectivity index (χ0n) is 11.0. The van der Waals surface area contributed by atoms with Crippen molar-refractivity contribution >= 4 is 35.1 Å². The summed E-state index contributed by atoms with van der Waals surface area (Å²) in [5.41, 5.74) is -0.101. The number of aliphatic carboxylic acids is 1. The lowest BCUT2D eigenvalue weighted by atomic mass is 10.1. The third kappa shape index (κ3) is 4.35. The maximum Gasteiger partial charge on any atom is 0.323 e. The van der Waals surface area contributed by atoms with Crippen LogP contribution in [0, 0.1) is 11.7 Å². The molecule has 20 heavy (non-hydrogen) atoms. The molecule has 1 N–H and O–H groups in total. The third-order valence-electron chi connectivity index (χ3n) is 2.44. The minimum atomic E-state index is -1.15. The van der Waals surface area contributed by atoms with Gasteiger partial charge in [-0.3, -0.25) is 9.59 Å². The summed E-state index contributed by atoms with van der Waals surface area (Å²) in [4.78, 5) is 24.2. The number of nitrogens with zero attached hydrogens (tertiary/aromatic N) is 1. The SMILES string of the molecule is CC(C)CN(CC(=O)O)C(=O)c1cc(F)c(Cl)cc1Cl. The van der Waals surface area contributed by atoms with Gasteiger partial charge >= 0.3 is 5.97 Å². The van der Waals surface area contributed by atoms with Crippen LogP contribution in [0.25, 0.3) is 0 Å². The summed E-state index contributed by atoms with van der Waals surface area (Å²) in [5, 5.41) is 8.63. The quantitative estimate of drug-likeness (QED) is 0.846. The second-order valence-electron chi connectivity index (χ2n) is 4.72. The monoisotopic (exact) mass is 321 g/mol. The van der Waals surface area contributed by atoms with E-state index in [1.165, 1.54) is 0 Å². The van der Waals surface area contributed by atoms with E-state index in [1.807, 2.05) is 13.8 Å². The lowest BCUT2D eigenvalue weighted by molar-refractivity contribution is -0.137. The molecule has 0 saturated heterocycles. The van der Waals surface area contributed by atoms with E-state index in [4.69, 9.17) is 28.3 Å². The van der Waals surface area contributed by atoms with Crippen LogP contribution in [0.1, 0.15) is 24.2 Å². The van der Waals surface area contributed by atoms with Crippen LogP contribution in [0.4, 0.5) is 4.39 Å². The molecule has 1 amide bonds. The molecule has 0 bridgehead atoms. The number of carboxylic acids is 1. The predicted molar refractivity (Wildman–Crippen MR) is 74.8 cm³/mol. The summed E-state index contributed by atoms with van der Waals surface area (Å²) >= 11 is 11.4. The molecule has 0 atom stereocenters. The number of carbonyl (C=O) groups excluding carboxylic acids is 1. The number of hydrogen-bond acceptors (Lipinski definition) is 2. The molecule has 0 radical (unpaired) electrons. The first kappa shape index (κ1) is 16.7. The van der Waals surface area contributed by atoms with Gasteiger partial charge in [0.2, 0.25) is 0 Å². The highest BCUT2D eigenvalue weighted by atomic mass is 35.5. The van der Waals surface area contributed by atoms with Crippen LogP contribution in [0.2, 0.25) is 10.0 Å². The molecule has 0 spiro atoms. The molecule has 0 fully saturated rings. The summed E-state index contributed by atoms with van der Waals surface area (Å²) < 4.78 is 13.4. The highest BCUT2D eigenvalue weighted by molar-refractivity contribution is 6.36. The van der Waals surface area contributed by atoms with E-state index in [2.05, 4.69) is 0 Å². The summed E-state index contributed by atoms with van der Waals surface area (Å²) in [5.74, 6) is -2.50. The zero-order valence-corrected chi connectivity index (χ0v) is 12.5. The average molecular weight is 322 g/mol. The molecule has 4 nitrogen and oxygen atoms in total. The van der Waals surface area contributed by atoms with Gasteiger partial charge < -0.3 is 10.0 Å². The first-order chi connectivity index (χ1) is 9.22. The highest BCUT2D eigenvalue weighted by Crippen LogP contribution is 2.25. The molecule has 0 aliphatic carbocycles. The van der Waals surface area contributed by atoms with Gasteiger partial charge in [0.25, 0.3) is 5.91 Å². The normalized spacial score (nSPS) is 10.7. The Morgan fingerprint density at radius 2 is 1.90 bits per heavy atom. The minimum absolute atomic E-state index is 0.0134. The van der Waals surface area contributed by atoms with Gasteiger partial charge in [0.05, 0.1) is 15.6 Å². The Morgan fingerprint density at radius 3 is 2.40 bits per heavy atom. The second-order valence-corrected chi connectivity index (χ2v) is 5.53.